The van der Waals surface area contributed by atoms with Gasteiger partial charge in [0.15, 0.2) is 0 Å². The number of non-ortho nitro benzene ring substituents is 1. The second-order valence-corrected chi connectivity index (χ2v) is 7.42. The van der Waals surface area contributed by atoms with Gasteiger partial charge in [0.05, 0.1) is 16.0 Å². The van der Waals surface area contributed by atoms with Crippen LogP contribution in [0.3, 0.4) is 0 Å². The highest BCUT2D eigenvalue weighted by molar-refractivity contribution is 7.99. The van der Waals surface area contributed by atoms with Crippen LogP contribution in [0.1, 0.15) is 5.56 Å². The van der Waals surface area contributed by atoms with Gasteiger partial charge < -0.3 is 0 Å². The zero-order valence-corrected chi connectivity index (χ0v) is 15.3. The number of nitro benzene ring substituents is 1. The SMILES string of the molecule is Cc1cc([N+](=O)[O-])ccc1Sc1c2ccccc2nc2cc(Cl)ccc12. The van der Waals surface area contributed by atoms with Gasteiger partial charge in [0, 0.05) is 37.7 Å². The highest BCUT2D eigenvalue weighted by Gasteiger charge is 2.14. The van der Waals surface area contributed by atoms with Crippen molar-refractivity contribution in [1.29, 1.82) is 0 Å². The number of fused-ring (bicyclic) bond motifs is 2. The van der Waals surface area contributed by atoms with E-state index >= 15 is 0 Å². The summed E-state index contributed by atoms with van der Waals surface area (Å²) < 4.78 is 0. The summed E-state index contributed by atoms with van der Waals surface area (Å²) >= 11 is 7.74. The molecule has 0 amide bonds. The van der Waals surface area contributed by atoms with Gasteiger partial charge in [-0.1, -0.05) is 47.6 Å². The van der Waals surface area contributed by atoms with Gasteiger partial charge in [-0.05, 0) is 36.8 Å². The average Bonchev–Trinajstić information content (AvgIpc) is 2.62. The van der Waals surface area contributed by atoms with Crippen LogP contribution in [0.5, 0.6) is 0 Å². The number of para-hydroxylation sites is 1. The molecule has 128 valence electrons. The highest BCUT2D eigenvalue weighted by atomic mass is 35.5. The molecule has 0 radical (unpaired) electrons. The van der Waals surface area contributed by atoms with Crippen molar-refractivity contribution in [3.05, 3.63) is 81.4 Å². The summed E-state index contributed by atoms with van der Waals surface area (Å²) in [6.45, 7) is 1.89. The van der Waals surface area contributed by atoms with Crippen LogP contribution in [-0.4, -0.2) is 9.91 Å². The van der Waals surface area contributed by atoms with E-state index in [0.29, 0.717) is 5.02 Å². The molecular weight excluding hydrogens is 368 g/mol. The number of rotatable bonds is 3. The van der Waals surface area contributed by atoms with E-state index in [1.807, 2.05) is 49.4 Å². The number of hydrogen-bond acceptors (Lipinski definition) is 4. The minimum absolute atomic E-state index is 0.100. The highest BCUT2D eigenvalue weighted by Crippen LogP contribution is 2.40. The van der Waals surface area contributed by atoms with Crippen molar-refractivity contribution in [3.63, 3.8) is 0 Å². The number of pyridine rings is 1. The molecule has 0 fully saturated rings. The van der Waals surface area contributed by atoms with Crippen molar-refractivity contribution in [1.82, 2.24) is 4.98 Å². The monoisotopic (exact) mass is 380 g/mol. The number of aryl methyl sites for hydroxylation is 1. The Hall–Kier alpha value is -2.63. The lowest BCUT2D eigenvalue weighted by molar-refractivity contribution is -0.385. The van der Waals surface area contributed by atoms with Gasteiger partial charge in [0.25, 0.3) is 5.69 Å². The van der Waals surface area contributed by atoms with Crippen LogP contribution < -0.4 is 0 Å². The molecule has 0 unspecified atom stereocenters. The predicted molar refractivity (Wildman–Crippen MR) is 106 cm³/mol. The smallest absolute Gasteiger partial charge is 0.258 e. The normalized spacial score (nSPS) is 11.2. The number of hydrogen-bond donors (Lipinski definition) is 0. The zero-order valence-electron chi connectivity index (χ0n) is 13.8. The maximum absolute atomic E-state index is 11.0. The second kappa shape index (κ2) is 6.59. The Morgan fingerprint density at radius 2 is 1.77 bits per heavy atom. The Morgan fingerprint density at radius 3 is 2.54 bits per heavy atom. The molecule has 6 heteroatoms. The molecule has 4 nitrogen and oxygen atoms in total. The minimum Gasteiger partial charge on any atom is -0.258 e. The molecule has 4 aromatic rings. The summed E-state index contributed by atoms with van der Waals surface area (Å²) in [6, 6.07) is 18.6. The van der Waals surface area contributed by atoms with Gasteiger partial charge in [0.2, 0.25) is 0 Å². The lowest BCUT2D eigenvalue weighted by Crippen LogP contribution is -1.91. The molecule has 4 rings (SSSR count). The number of aromatic nitrogens is 1. The van der Waals surface area contributed by atoms with Crippen molar-refractivity contribution in [2.75, 3.05) is 0 Å². The Labute approximate surface area is 159 Å². The standard InChI is InChI=1S/C20H13ClN2O2S/c1-12-10-14(23(24)25)7-9-19(12)26-20-15-4-2-3-5-17(15)22-18-11-13(21)6-8-16(18)20/h2-11H,1H3. The van der Waals surface area contributed by atoms with Crippen LogP contribution in [0, 0.1) is 17.0 Å². The average molecular weight is 381 g/mol. The Balaban J connectivity index is 1.93. The van der Waals surface area contributed by atoms with Crippen LogP contribution in [0.4, 0.5) is 5.69 Å². The summed E-state index contributed by atoms with van der Waals surface area (Å²) in [4.78, 5) is 17.4. The lowest BCUT2D eigenvalue weighted by Gasteiger charge is -2.12. The molecule has 0 N–H and O–H groups in total. The Kier molecular flexibility index (Phi) is 4.26. The van der Waals surface area contributed by atoms with Gasteiger partial charge in [-0.2, -0.15) is 0 Å². The van der Waals surface area contributed by atoms with Crippen LogP contribution in [0.2, 0.25) is 5.02 Å². The van der Waals surface area contributed by atoms with Crippen LogP contribution in [0.15, 0.2) is 70.5 Å². The number of benzene rings is 3. The summed E-state index contributed by atoms with van der Waals surface area (Å²) in [5.41, 5.74) is 2.69. The lowest BCUT2D eigenvalue weighted by atomic mass is 10.1. The number of nitro groups is 1. The predicted octanol–water partition coefficient (Wildman–Crippen LogP) is 6.41. The van der Waals surface area contributed by atoms with Crippen molar-refractivity contribution < 1.29 is 4.92 Å². The minimum atomic E-state index is -0.374. The molecule has 0 atom stereocenters. The first-order valence-electron chi connectivity index (χ1n) is 7.94. The van der Waals surface area contributed by atoms with E-state index in [-0.39, 0.29) is 10.6 Å². The molecule has 0 aliphatic carbocycles. The van der Waals surface area contributed by atoms with E-state index in [4.69, 9.17) is 16.6 Å². The third kappa shape index (κ3) is 3.00. The first kappa shape index (κ1) is 16.8. The maximum Gasteiger partial charge on any atom is 0.269 e. The zero-order chi connectivity index (χ0) is 18.3. The summed E-state index contributed by atoms with van der Waals surface area (Å²) in [5, 5.41) is 13.7. The van der Waals surface area contributed by atoms with Gasteiger partial charge in [-0.25, -0.2) is 4.98 Å². The number of halogens is 1. The van der Waals surface area contributed by atoms with Crippen LogP contribution >= 0.6 is 23.4 Å². The molecule has 0 spiro atoms. The van der Waals surface area contributed by atoms with Crippen LogP contribution in [0.25, 0.3) is 21.8 Å². The largest absolute Gasteiger partial charge is 0.269 e. The third-order valence-electron chi connectivity index (χ3n) is 4.18. The quantitative estimate of drug-likeness (QED) is 0.234. The molecule has 0 saturated carbocycles. The van der Waals surface area contributed by atoms with E-state index < -0.39 is 0 Å². The first-order chi connectivity index (χ1) is 12.5. The van der Waals surface area contributed by atoms with E-state index in [0.717, 1.165) is 37.2 Å². The fourth-order valence-electron chi connectivity index (χ4n) is 2.91. The van der Waals surface area contributed by atoms with Gasteiger partial charge >= 0.3 is 0 Å². The second-order valence-electron chi connectivity index (χ2n) is 5.93. The molecule has 0 aliphatic heterocycles. The summed E-state index contributed by atoms with van der Waals surface area (Å²) in [6.07, 6.45) is 0. The molecule has 3 aromatic carbocycles. The van der Waals surface area contributed by atoms with E-state index in [2.05, 4.69) is 0 Å². The molecule has 0 aliphatic rings. The Morgan fingerprint density at radius 1 is 1.00 bits per heavy atom. The molecule has 26 heavy (non-hydrogen) atoms. The molecule has 1 heterocycles. The van der Waals surface area contributed by atoms with Gasteiger partial charge in [0.1, 0.15) is 0 Å². The van der Waals surface area contributed by atoms with E-state index in [1.165, 1.54) is 6.07 Å². The first-order valence-corrected chi connectivity index (χ1v) is 9.13. The van der Waals surface area contributed by atoms with E-state index in [9.17, 15) is 10.1 Å². The topological polar surface area (TPSA) is 56.0 Å². The van der Waals surface area contributed by atoms with E-state index in [1.54, 1.807) is 23.9 Å². The molecular formula is C20H13ClN2O2S. The molecule has 1 aromatic heterocycles. The third-order valence-corrected chi connectivity index (χ3v) is 5.73. The van der Waals surface area contributed by atoms with Crippen LogP contribution in [-0.2, 0) is 0 Å². The van der Waals surface area contributed by atoms with Crippen molar-refractivity contribution >= 4 is 50.9 Å². The Bertz CT molecular complexity index is 1180. The van der Waals surface area contributed by atoms with Crippen molar-refractivity contribution in [2.45, 2.75) is 16.7 Å². The summed E-state index contributed by atoms with van der Waals surface area (Å²) in [7, 11) is 0. The maximum atomic E-state index is 11.0. The fraction of sp³-hybridized carbons (Fsp3) is 0.0500. The van der Waals surface area contributed by atoms with Gasteiger partial charge in [-0.3, -0.25) is 10.1 Å². The molecule has 0 bridgehead atoms. The summed E-state index contributed by atoms with van der Waals surface area (Å²) in [5.74, 6) is 0. The van der Waals surface area contributed by atoms with Crippen molar-refractivity contribution in [2.24, 2.45) is 0 Å². The van der Waals surface area contributed by atoms with Crippen molar-refractivity contribution in [3.8, 4) is 0 Å². The molecule has 0 saturated heterocycles. The van der Waals surface area contributed by atoms with Gasteiger partial charge in [-0.15, -0.1) is 0 Å². The fourth-order valence-corrected chi connectivity index (χ4v) is 4.22. The number of nitrogens with zero attached hydrogens (tertiary/aromatic N) is 2.